The average molecular weight is 499 g/mol. The summed E-state index contributed by atoms with van der Waals surface area (Å²) in [4.78, 5) is 18.9. The summed E-state index contributed by atoms with van der Waals surface area (Å²) in [6, 6.07) is 11.7. The lowest BCUT2D eigenvalue weighted by atomic mass is 9.85. The Labute approximate surface area is 216 Å². The first kappa shape index (κ1) is 23.7. The summed E-state index contributed by atoms with van der Waals surface area (Å²) in [7, 11) is 0. The molecule has 3 heterocycles. The van der Waals surface area contributed by atoms with Gasteiger partial charge in [0.25, 0.3) is 0 Å². The van der Waals surface area contributed by atoms with Crippen LogP contribution < -0.4 is 16.8 Å². The number of rotatable bonds is 6. The van der Waals surface area contributed by atoms with Crippen LogP contribution in [0, 0.1) is 0 Å². The fourth-order valence-corrected chi connectivity index (χ4v) is 5.97. The molecule has 0 amide bonds. The Morgan fingerprint density at radius 3 is 2.57 bits per heavy atom. The third kappa shape index (κ3) is 4.71. The number of para-hydroxylation sites is 1. The first-order valence-corrected chi connectivity index (χ1v) is 13.3. The van der Waals surface area contributed by atoms with Crippen molar-refractivity contribution in [2.75, 3.05) is 11.1 Å². The lowest BCUT2D eigenvalue weighted by Gasteiger charge is -2.28. The zero-order chi connectivity index (χ0) is 25.4. The number of hydrogen-bond acceptors (Lipinski definition) is 8. The van der Waals surface area contributed by atoms with E-state index in [4.69, 9.17) is 16.5 Å². The van der Waals surface area contributed by atoms with Gasteiger partial charge < -0.3 is 26.5 Å². The fourth-order valence-electron chi connectivity index (χ4n) is 5.97. The highest BCUT2D eigenvalue weighted by Crippen LogP contribution is 2.40. The molecule has 0 spiro atoms. The van der Waals surface area contributed by atoms with Crippen molar-refractivity contribution in [1.82, 2.24) is 24.5 Å². The quantitative estimate of drug-likeness (QED) is 0.294. The van der Waals surface area contributed by atoms with E-state index < -0.39 is 0 Å². The van der Waals surface area contributed by atoms with Crippen LogP contribution in [0.2, 0.25) is 0 Å². The van der Waals surface area contributed by atoms with E-state index in [1.807, 2.05) is 30.5 Å². The lowest BCUT2D eigenvalue weighted by molar-refractivity contribution is 0.364. The molecule has 9 heteroatoms. The number of hydrogen-bond donors (Lipinski definition) is 4. The monoisotopic (exact) mass is 498 g/mol. The van der Waals surface area contributed by atoms with Gasteiger partial charge in [0.1, 0.15) is 11.6 Å². The maximum Gasteiger partial charge on any atom is 0.224 e. The highest BCUT2D eigenvalue weighted by Gasteiger charge is 2.31. The van der Waals surface area contributed by atoms with Crippen molar-refractivity contribution >= 4 is 22.9 Å². The SMILES string of the molecule is Nc1nc(NCc2ccc(-c3ccccc3O)nc2)c2nc(C3CCCC(N)C3)n(C3CCCC3)c2n1. The van der Waals surface area contributed by atoms with Gasteiger partial charge in [-0.15, -0.1) is 0 Å². The van der Waals surface area contributed by atoms with Gasteiger partial charge in [-0.2, -0.15) is 9.97 Å². The lowest BCUT2D eigenvalue weighted by Crippen LogP contribution is -2.28. The Kier molecular flexibility index (Phi) is 6.38. The van der Waals surface area contributed by atoms with E-state index in [0.717, 1.165) is 66.8 Å². The minimum Gasteiger partial charge on any atom is -0.507 e. The molecule has 6 rings (SSSR count). The molecule has 4 aromatic rings. The summed E-state index contributed by atoms with van der Waals surface area (Å²) in [5.74, 6) is 2.53. The number of pyridine rings is 1. The van der Waals surface area contributed by atoms with Crippen LogP contribution in [0.3, 0.4) is 0 Å². The zero-order valence-corrected chi connectivity index (χ0v) is 21.0. The van der Waals surface area contributed by atoms with E-state index in [1.165, 1.54) is 12.8 Å². The third-order valence-electron chi connectivity index (χ3n) is 7.82. The van der Waals surface area contributed by atoms with Crippen LogP contribution in [-0.4, -0.2) is 35.7 Å². The number of phenols is 1. The summed E-state index contributed by atoms with van der Waals surface area (Å²) >= 11 is 0. The zero-order valence-electron chi connectivity index (χ0n) is 21.0. The second-order valence-electron chi connectivity index (χ2n) is 10.4. The molecule has 2 saturated carbocycles. The van der Waals surface area contributed by atoms with Crippen molar-refractivity contribution < 1.29 is 5.11 Å². The van der Waals surface area contributed by atoms with Gasteiger partial charge in [-0.3, -0.25) is 4.98 Å². The van der Waals surface area contributed by atoms with E-state index in [1.54, 1.807) is 12.1 Å². The highest BCUT2D eigenvalue weighted by atomic mass is 16.3. The molecule has 0 bridgehead atoms. The summed E-state index contributed by atoms with van der Waals surface area (Å²) in [6.07, 6.45) is 10.8. The van der Waals surface area contributed by atoms with Gasteiger partial charge in [-0.1, -0.05) is 37.5 Å². The number of benzene rings is 1. The number of phenolic OH excluding ortho intramolecular Hbond substituents is 1. The van der Waals surface area contributed by atoms with Crippen LogP contribution >= 0.6 is 0 Å². The molecule has 2 fully saturated rings. The number of fused-ring (bicyclic) bond motifs is 1. The second-order valence-corrected chi connectivity index (χ2v) is 10.4. The van der Waals surface area contributed by atoms with E-state index in [0.29, 0.717) is 29.9 Å². The normalized spacial score (nSPS) is 20.5. The van der Waals surface area contributed by atoms with E-state index in [-0.39, 0.29) is 17.7 Å². The topological polar surface area (TPSA) is 141 Å². The summed E-state index contributed by atoms with van der Waals surface area (Å²) in [5.41, 5.74) is 16.6. The number of nitrogens with two attached hydrogens (primary N) is 2. The van der Waals surface area contributed by atoms with Crippen molar-refractivity contribution in [1.29, 1.82) is 0 Å². The molecule has 2 unspecified atom stereocenters. The summed E-state index contributed by atoms with van der Waals surface area (Å²) in [5, 5.41) is 13.6. The fraction of sp³-hybridized carbons (Fsp3) is 0.429. The molecule has 2 atom stereocenters. The Morgan fingerprint density at radius 1 is 0.973 bits per heavy atom. The number of nitrogens with zero attached hydrogens (tertiary/aromatic N) is 5. The summed E-state index contributed by atoms with van der Waals surface area (Å²) < 4.78 is 2.36. The molecule has 3 aromatic heterocycles. The Morgan fingerprint density at radius 2 is 1.81 bits per heavy atom. The van der Waals surface area contributed by atoms with Gasteiger partial charge in [-0.25, -0.2) is 4.98 Å². The minimum atomic E-state index is 0.215. The molecule has 192 valence electrons. The van der Waals surface area contributed by atoms with Crippen LogP contribution in [0.25, 0.3) is 22.4 Å². The van der Waals surface area contributed by atoms with Crippen molar-refractivity contribution in [3.63, 3.8) is 0 Å². The molecule has 6 N–H and O–H groups in total. The molecule has 9 nitrogen and oxygen atoms in total. The maximum absolute atomic E-state index is 10.1. The Hall–Kier alpha value is -3.72. The van der Waals surface area contributed by atoms with Gasteiger partial charge >= 0.3 is 0 Å². The van der Waals surface area contributed by atoms with Crippen LogP contribution in [0.1, 0.15) is 74.7 Å². The molecule has 0 radical (unpaired) electrons. The summed E-state index contributed by atoms with van der Waals surface area (Å²) in [6.45, 7) is 0.513. The van der Waals surface area contributed by atoms with E-state index in [9.17, 15) is 5.11 Å². The number of nitrogen functional groups attached to an aromatic ring is 1. The van der Waals surface area contributed by atoms with Gasteiger partial charge in [0, 0.05) is 36.3 Å². The van der Waals surface area contributed by atoms with E-state index >= 15 is 0 Å². The van der Waals surface area contributed by atoms with Crippen LogP contribution in [0.5, 0.6) is 5.75 Å². The number of aromatic nitrogens is 5. The van der Waals surface area contributed by atoms with E-state index in [2.05, 4.69) is 24.8 Å². The molecular formula is C28H34N8O. The highest BCUT2D eigenvalue weighted by molar-refractivity contribution is 5.85. The molecule has 0 saturated heterocycles. The first-order chi connectivity index (χ1) is 18.1. The Balaban J connectivity index is 1.31. The third-order valence-corrected chi connectivity index (χ3v) is 7.82. The van der Waals surface area contributed by atoms with Crippen molar-refractivity contribution in [2.45, 2.75) is 75.9 Å². The maximum atomic E-state index is 10.1. The molecule has 2 aliphatic carbocycles. The first-order valence-electron chi connectivity index (χ1n) is 13.3. The average Bonchev–Trinajstić information content (AvgIpc) is 3.56. The molecule has 37 heavy (non-hydrogen) atoms. The van der Waals surface area contributed by atoms with Gasteiger partial charge in [0.05, 0.1) is 5.69 Å². The predicted molar refractivity (Wildman–Crippen MR) is 145 cm³/mol. The second kappa shape index (κ2) is 9.97. The number of nitrogens with one attached hydrogen (secondary N) is 1. The van der Waals surface area contributed by atoms with Gasteiger partial charge in [0.15, 0.2) is 17.0 Å². The van der Waals surface area contributed by atoms with Crippen LogP contribution in [0.15, 0.2) is 42.6 Å². The van der Waals surface area contributed by atoms with Gasteiger partial charge in [0.2, 0.25) is 5.95 Å². The van der Waals surface area contributed by atoms with Crippen molar-refractivity contribution in [3.05, 3.63) is 54.0 Å². The minimum absolute atomic E-state index is 0.215. The smallest absolute Gasteiger partial charge is 0.224 e. The molecular weight excluding hydrogens is 464 g/mol. The largest absolute Gasteiger partial charge is 0.507 e. The number of aromatic hydroxyl groups is 1. The molecule has 1 aromatic carbocycles. The Bertz CT molecular complexity index is 1390. The van der Waals surface area contributed by atoms with Crippen molar-refractivity contribution in [3.8, 4) is 17.0 Å². The molecule has 0 aliphatic heterocycles. The molecule has 2 aliphatic rings. The number of imidazole rings is 1. The predicted octanol–water partition coefficient (Wildman–Crippen LogP) is 4.89. The number of anilines is 2. The van der Waals surface area contributed by atoms with Gasteiger partial charge in [-0.05, 0) is 55.9 Å². The van der Waals surface area contributed by atoms with Crippen molar-refractivity contribution in [2.24, 2.45) is 5.73 Å². The van der Waals surface area contributed by atoms with Crippen LogP contribution in [0.4, 0.5) is 11.8 Å². The standard InChI is InChI=1S/C28H34N8O/c29-19-7-5-6-18(14-19)26-33-24-25(34-28(30)35-27(24)36(26)20-8-1-2-9-20)32-16-17-12-13-22(31-15-17)21-10-3-4-11-23(21)37/h3-4,10-13,15,18-20,37H,1-2,5-9,14,16,29H2,(H3,30,32,34,35). The van der Waals surface area contributed by atoms with Crippen LogP contribution in [-0.2, 0) is 6.54 Å².